The molecule has 1 amide bonds. The minimum absolute atomic E-state index is 0.0464. The normalized spacial score (nSPS) is 14.7. The predicted molar refractivity (Wildman–Crippen MR) is 104 cm³/mol. The molecule has 5 nitrogen and oxygen atoms in total. The van der Waals surface area contributed by atoms with Crippen LogP contribution >= 0.6 is 0 Å². The van der Waals surface area contributed by atoms with Crippen LogP contribution in [0.4, 0.5) is 4.79 Å². The van der Waals surface area contributed by atoms with E-state index < -0.39 is 17.6 Å². The molecular weight excluding hydrogens is 342 g/mol. The van der Waals surface area contributed by atoms with Crippen molar-refractivity contribution in [1.82, 2.24) is 5.32 Å². The smallest absolute Gasteiger partial charge is 0.408 e. The monoisotopic (exact) mass is 367 g/mol. The fourth-order valence-electron chi connectivity index (χ4n) is 3.61. The number of aliphatic carboxylic acids is 1. The highest BCUT2D eigenvalue weighted by molar-refractivity contribution is 5.84. The predicted octanol–water partition coefficient (Wildman–Crippen LogP) is 4.56. The zero-order chi connectivity index (χ0) is 19.4. The van der Waals surface area contributed by atoms with Crippen LogP contribution in [-0.4, -0.2) is 29.3 Å². The van der Waals surface area contributed by atoms with Crippen molar-refractivity contribution in [2.45, 2.75) is 44.6 Å². The van der Waals surface area contributed by atoms with E-state index in [4.69, 9.17) is 4.74 Å². The molecule has 1 aliphatic carbocycles. The summed E-state index contributed by atoms with van der Waals surface area (Å²) in [5, 5.41) is 12.0. The molecule has 0 saturated heterocycles. The summed E-state index contributed by atoms with van der Waals surface area (Å²) in [6.07, 6.45) is 1.24. The van der Waals surface area contributed by atoms with E-state index in [0.717, 1.165) is 28.7 Å². The molecule has 2 N–H and O–H groups in total. The van der Waals surface area contributed by atoms with Gasteiger partial charge in [0.2, 0.25) is 0 Å². The van der Waals surface area contributed by atoms with Crippen LogP contribution in [0.2, 0.25) is 0 Å². The Bertz CT molecular complexity index is 802. The number of benzene rings is 2. The Morgan fingerprint density at radius 3 is 2.15 bits per heavy atom. The summed E-state index contributed by atoms with van der Waals surface area (Å²) in [5.41, 5.74) is 3.23. The number of unbranched alkanes of at least 4 members (excludes halogenated alkanes) is 1. The summed E-state index contributed by atoms with van der Waals surface area (Å²) in [5.74, 6) is -1.10. The van der Waals surface area contributed by atoms with Crippen LogP contribution < -0.4 is 5.32 Å². The van der Waals surface area contributed by atoms with Crippen LogP contribution in [0.3, 0.4) is 0 Å². The van der Waals surface area contributed by atoms with Gasteiger partial charge in [-0.1, -0.05) is 68.3 Å². The lowest BCUT2D eigenvalue weighted by Gasteiger charge is -2.26. The maximum absolute atomic E-state index is 12.3. The number of fused-ring (bicyclic) bond motifs is 3. The fraction of sp³-hybridized carbons (Fsp3) is 0.364. The van der Waals surface area contributed by atoms with Crippen molar-refractivity contribution in [3.8, 4) is 11.1 Å². The van der Waals surface area contributed by atoms with Gasteiger partial charge >= 0.3 is 12.1 Å². The number of rotatable bonds is 7. The van der Waals surface area contributed by atoms with Crippen LogP contribution in [0.5, 0.6) is 0 Å². The number of carboxylic acid groups (broad SMARTS) is 1. The van der Waals surface area contributed by atoms with Crippen LogP contribution in [0.15, 0.2) is 48.5 Å². The Hall–Kier alpha value is -2.82. The van der Waals surface area contributed by atoms with Crippen molar-refractivity contribution < 1.29 is 19.4 Å². The molecule has 27 heavy (non-hydrogen) atoms. The van der Waals surface area contributed by atoms with E-state index in [1.165, 1.54) is 6.92 Å². The maximum Gasteiger partial charge on any atom is 0.408 e. The van der Waals surface area contributed by atoms with E-state index in [9.17, 15) is 14.7 Å². The quantitative estimate of drug-likeness (QED) is 0.752. The van der Waals surface area contributed by atoms with E-state index in [1.54, 1.807) is 0 Å². The van der Waals surface area contributed by atoms with Gasteiger partial charge in [0.15, 0.2) is 0 Å². The van der Waals surface area contributed by atoms with Gasteiger partial charge in [0.1, 0.15) is 12.1 Å². The molecule has 0 unspecified atom stereocenters. The van der Waals surface area contributed by atoms with Crippen LogP contribution in [0.1, 0.15) is 50.2 Å². The number of alkyl carbamates (subject to hydrolysis) is 1. The third-order valence-electron chi connectivity index (χ3n) is 5.22. The number of hydrogen-bond donors (Lipinski definition) is 2. The first-order valence-electron chi connectivity index (χ1n) is 9.33. The van der Waals surface area contributed by atoms with Gasteiger partial charge in [0, 0.05) is 5.92 Å². The van der Waals surface area contributed by atoms with Gasteiger partial charge in [-0.05, 0) is 35.6 Å². The minimum Gasteiger partial charge on any atom is -0.480 e. The Morgan fingerprint density at radius 2 is 1.63 bits per heavy atom. The number of carbonyl (C=O) groups excluding carboxylic acids is 1. The van der Waals surface area contributed by atoms with E-state index in [-0.39, 0.29) is 12.5 Å². The standard InChI is InChI=1S/C22H25NO4/c1-3-4-13-22(2,20(24)25)23-21(26)27-14-19-17-11-7-5-9-15(17)16-10-6-8-12-18(16)19/h5-12,19H,3-4,13-14H2,1-2H3,(H,23,26)(H,24,25)/t22-/m1/s1. The minimum atomic E-state index is -1.32. The van der Waals surface area contributed by atoms with Crippen molar-refractivity contribution in [3.63, 3.8) is 0 Å². The molecule has 0 aromatic heterocycles. The van der Waals surface area contributed by atoms with E-state index in [1.807, 2.05) is 43.3 Å². The van der Waals surface area contributed by atoms with Crippen molar-refractivity contribution in [2.75, 3.05) is 6.61 Å². The number of nitrogens with one attached hydrogen (secondary N) is 1. The largest absolute Gasteiger partial charge is 0.480 e. The summed E-state index contributed by atoms with van der Waals surface area (Å²) >= 11 is 0. The number of hydrogen-bond acceptors (Lipinski definition) is 3. The van der Waals surface area contributed by atoms with Crippen LogP contribution in [-0.2, 0) is 9.53 Å². The highest BCUT2D eigenvalue weighted by Crippen LogP contribution is 2.44. The highest BCUT2D eigenvalue weighted by Gasteiger charge is 2.35. The van der Waals surface area contributed by atoms with E-state index in [0.29, 0.717) is 12.8 Å². The third kappa shape index (κ3) is 3.82. The SMILES string of the molecule is CCCC[C@@](C)(NC(=O)OCC1c2ccccc2-c2ccccc21)C(=O)O. The molecule has 0 radical (unpaired) electrons. The van der Waals surface area contributed by atoms with Gasteiger partial charge < -0.3 is 15.2 Å². The molecule has 0 saturated carbocycles. The molecule has 0 aliphatic heterocycles. The molecule has 0 bridgehead atoms. The lowest BCUT2D eigenvalue weighted by Crippen LogP contribution is -2.52. The molecule has 0 spiro atoms. The first-order chi connectivity index (χ1) is 13.0. The Morgan fingerprint density at radius 1 is 1.07 bits per heavy atom. The van der Waals surface area contributed by atoms with Gasteiger partial charge in [-0.2, -0.15) is 0 Å². The number of carbonyl (C=O) groups is 2. The first-order valence-corrected chi connectivity index (χ1v) is 9.33. The fourth-order valence-corrected chi connectivity index (χ4v) is 3.61. The second-order valence-electron chi connectivity index (χ2n) is 7.19. The molecular formula is C22H25NO4. The van der Waals surface area contributed by atoms with Gasteiger partial charge in [0.05, 0.1) is 0 Å². The zero-order valence-electron chi connectivity index (χ0n) is 15.7. The molecule has 5 heteroatoms. The zero-order valence-corrected chi connectivity index (χ0v) is 15.7. The topological polar surface area (TPSA) is 75.6 Å². The van der Waals surface area contributed by atoms with Crippen molar-refractivity contribution in [1.29, 1.82) is 0 Å². The second kappa shape index (κ2) is 7.82. The van der Waals surface area contributed by atoms with E-state index >= 15 is 0 Å². The van der Waals surface area contributed by atoms with Gasteiger partial charge in [-0.15, -0.1) is 0 Å². The van der Waals surface area contributed by atoms with Crippen molar-refractivity contribution in [2.24, 2.45) is 0 Å². The first kappa shape index (κ1) is 19.0. The summed E-state index contributed by atoms with van der Waals surface area (Å²) in [6, 6.07) is 16.2. The van der Waals surface area contributed by atoms with Crippen LogP contribution in [0, 0.1) is 0 Å². The molecule has 1 aliphatic rings. The summed E-state index contributed by atoms with van der Waals surface area (Å²) < 4.78 is 5.45. The maximum atomic E-state index is 12.3. The van der Waals surface area contributed by atoms with Gasteiger partial charge in [-0.3, -0.25) is 0 Å². The third-order valence-corrected chi connectivity index (χ3v) is 5.22. The summed E-state index contributed by atoms with van der Waals surface area (Å²) in [6.45, 7) is 3.67. The molecule has 0 fully saturated rings. The molecule has 0 heterocycles. The van der Waals surface area contributed by atoms with Gasteiger partial charge in [-0.25, -0.2) is 9.59 Å². The lowest BCUT2D eigenvalue weighted by atomic mass is 9.95. The summed E-state index contributed by atoms with van der Waals surface area (Å²) in [4.78, 5) is 23.9. The molecule has 2 aromatic rings. The van der Waals surface area contributed by atoms with Crippen molar-refractivity contribution >= 4 is 12.1 Å². The lowest BCUT2D eigenvalue weighted by molar-refractivity contribution is -0.144. The second-order valence-corrected chi connectivity index (χ2v) is 7.19. The average Bonchev–Trinajstić information content (AvgIpc) is 2.98. The van der Waals surface area contributed by atoms with Crippen LogP contribution in [0.25, 0.3) is 11.1 Å². The summed E-state index contributed by atoms with van der Waals surface area (Å²) in [7, 11) is 0. The highest BCUT2D eigenvalue weighted by atomic mass is 16.5. The number of ether oxygens (including phenoxy) is 1. The van der Waals surface area contributed by atoms with E-state index in [2.05, 4.69) is 17.4 Å². The average molecular weight is 367 g/mol. The number of carboxylic acids is 1. The van der Waals surface area contributed by atoms with Gasteiger partial charge in [0.25, 0.3) is 0 Å². The molecule has 142 valence electrons. The number of amides is 1. The van der Waals surface area contributed by atoms with Crippen molar-refractivity contribution in [3.05, 3.63) is 59.7 Å². The molecule has 2 aromatic carbocycles. The Labute approximate surface area is 159 Å². The Kier molecular flexibility index (Phi) is 5.49. The molecule has 3 rings (SSSR count). The molecule has 1 atom stereocenters. The Balaban J connectivity index is 1.71.